The van der Waals surface area contributed by atoms with Gasteiger partial charge in [0.1, 0.15) is 17.6 Å². The topological polar surface area (TPSA) is 76.9 Å². The Kier molecular flexibility index (Phi) is 4.09. The average Bonchev–Trinajstić information content (AvgIpc) is 3.30. The van der Waals surface area contributed by atoms with Crippen molar-refractivity contribution >= 4 is 10.9 Å². The van der Waals surface area contributed by atoms with E-state index in [4.69, 9.17) is 14.4 Å². The fourth-order valence-corrected chi connectivity index (χ4v) is 3.90. The molecule has 2 aromatic heterocycles. The molecule has 0 fully saturated rings. The highest BCUT2D eigenvalue weighted by Gasteiger charge is 2.22. The molecule has 144 valence electrons. The van der Waals surface area contributed by atoms with Crippen LogP contribution in [0.25, 0.3) is 16.9 Å². The Balaban J connectivity index is 1.49. The third-order valence-corrected chi connectivity index (χ3v) is 5.55. The van der Waals surface area contributed by atoms with Gasteiger partial charge in [-0.05, 0) is 68.5 Å². The first-order valence-electron chi connectivity index (χ1n) is 9.74. The highest BCUT2D eigenvalue weighted by atomic mass is 16.5. The number of rotatable bonds is 3. The molecule has 0 amide bonds. The zero-order chi connectivity index (χ0) is 20.0. The van der Waals surface area contributed by atoms with E-state index in [0.29, 0.717) is 11.6 Å². The molecular weight excluding hydrogens is 364 g/mol. The minimum Gasteiger partial charge on any atom is -0.486 e. The summed E-state index contributed by atoms with van der Waals surface area (Å²) in [7, 11) is 0. The fourth-order valence-electron chi connectivity index (χ4n) is 3.90. The summed E-state index contributed by atoms with van der Waals surface area (Å²) in [5.74, 6) is 1.56. The van der Waals surface area contributed by atoms with Crippen molar-refractivity contribution < 1.29 is 9.15 Å². The van der Waals surface area contributed by atoms with Gasteiger partial charge in [-0.15, -0.1) is 0 Å². The quantitative estimate of drug-likeness (QED) is 0.499. The number of hydrogen-bond donors (Lipinski definition) is 0. The van der Waals surface area contributed by atoms with E-state index >= 15 is 0 Å². The van der Waals surface area contributed by atoms with E-state index in [9.17, 15) is 0 Å². The molecule has 1 aliphatic carbocycles. The molecule has 0 saturated carbocycles. The Hall–Kier alpha value is -3.59. The van der Waals surface area contributed by atoms with Crippen LogP contribution in [0.5, 0.6) is 5.75 Å². The highest BCUT2D eigenvalue weighted by molar-refractivity contribution is 5.81. The third-order valence-electron chi connectivity index (χ3n) is 5.55. The number of benzene rings is 2. The zero-order valence-electron chi connectivity index (χ0n) is 16.3. The van der Waals surface area contributed by atoms with Gasteiger partial charge in [-0.25, -0.2) is 0 Å². The molecule has 1 unspecified atom stereocenters. The molecular formula is C23H20N4O2. The monoisotopic (exact) mass is 384 g/mol. The smallest absolute Gasteiger partial charge is 0.323 e. The Labute approximate surface area is 168 Å². The summed E-state index contributed by atoms with van der Waals surface area (Å²) >= 11 is 0. The van der Waals surface area contributed by atoms with Crippen LogP contribution < -0.4 is 4.74 Å². The van der Waals surface area contributed by atoms with Crippen LogP contribution >= 0.6 is 0 Å². The maximum Gasteiger partial charge on any atom is 0.323 e. The summed E-state index contributed by atoms with van der Waals surface area (Å²) < 4.78 is 13.8. The predicted octanol–water partition coefficient (Wildman–Crippen LogP) is 4.96. The molecule has 0 aliphatic heterocycles. The first-order chi connectivity index (χ1) is 14.1. The molecule has 29 heavy (non-hydrogen) atoms. The standard InChI is InChI=1S/C23H20N4O2/c1-14-15(2)28-23(26-14)27-21-11-19(8-7-18(21)13-25-27)29-22-5-3-4-17-10-16(12-24)6-9-20(17)22/h6-11,13,22H,3-5H2,1-2H3. The van der Waals surface area contributed by atoms with E-state index in [0.717, 1.165) is 47.4 Å². The first kappa shape index (κ1) is 17.5. The Morgan fingerprint density at radius 2 is 2.10 bits per heavy atom. The Morgan fingerprint density at radius 3 is 2.90 bits per heavy atom. The van der Waals surface area contributed by atoms with Gasteiger partial charge in [0.05, 0.1) is 29.0 Å². The van der Waals surface area contributed by atoms with Crippen molar-refractivity contribution in [1.29, 1.82) is 5.26 Å². The SMILES string of the molecule is Cc1nc(-n2ncc3ccc(OC4CCCc5cc(C#N)ccc54)cc32)oc1C. The van der Waals surface area contributed by atoms with Crippen LogP contribution in [0.1, 0.15) is 47.1 Å². The van der Waals surface area contributed by atoms with Crippen molar-refractivity contribution in [1.82, 2.24) is 14.8 Å². The van der Waals surface area contributed by atoms with E-state index in [2.05, 4.69) is 16.2 Å². The molecule has 0 saturated heterocycles. The second-order valence-corrected chi connectivity index (χ2v) is 7.44. The van der Waals surface area contributed by atoms with E-state index < -0.39 is 0 Å². The van der Waals surface area contributed by atoms with Gasteiger partial charge in [0, 0.05) is 11.5 Å². The average molecular weight is 384 g/mol. The molecule has 0 N–H and O–H groups in total. The van der Waals surface area contributed by atoms with Crippen LogP contribution in [0.2, 0.25) is 0 Å². The van der Waals surface area contributed by atoms with Crippen molar-refractivity contribution in [2.75, 3.05) is 0 Å². The van der Waals surface area contributed by atoms with Crippen molar-refractivity contribution in [2.24, 2.45) is 0 Å². The maximum absolute atomic E-state index is 9.16. The maximum atomic E-state index is 9.16. The first-order valence-corrected chi connectivity index (χ1v) is 9.74. The largest absolute Gasteiger partial charge is 0.486 e. The summed E-state index contributed by atoms with van der Waals surface area (Å²) in [6.45, 7) is 3.81. The molecule has 1 aliphatic rings. The minimum atomic E-state index is -0.0217. The summed E-state index contributed by atoms with van der Waals surface area (Å²) in [5, 5.41) is 14.6. The molecule has 6 nitrogen and oxygen atoms in total. The lowest BCUT2D eigenvalue weighted by molar-refractivity contribution is 0.183. The molecule has 5 rings (SSSR count). The van der Waals surface area contributed by atoms with Crippen LogP contribution in [-0.2, 0) is 6.42 Å². The van der Waals surface area contributed by atoms with Crippen molar-refractivity contribution in [3.63, 3.8) is 0 Å². The molecule has 6 heteroatoms. The molecule has 4 aromatic rings. The van der Waals surface area contributed by atoms with Crippen LogP contribution in [0.4, 0.5) is 0 Å². The number of hydrogen-bond acceptors (Lipinski definition) is 5. The van der Waals surface area contributed by atoms with E-state index in [1.807, 2.05) is 50.2 Å². The van der Waals surface area contributed by atoms with Crippen molar-refractivity contribution in [3.05, 3.63) is 70.7 Å². The Bertz CT molecular complexity index is 1240. The van der Waals surface area contributed by atoms with Gasteiger partial charge in [0.25, 0.3) is 0 Å². The highest BCUT2D eigenvalue weighted by Crippen LogP contribution is 2.35. The summed E-state index contributed by atoms with van der Waals surface area (Å²) in [5.41, 5.74) is 4.82. The minimum absolute atomic E-state index is 0.0217. The van der Waals surface area contributed by atoms with E-state index in [1.165, 1.54) is 11.1 Å². The number of aromatic nitrogens is 3. The van der Waals surface area contributed by atoms with Gasteiger partial charge in [0.2, 0.25) is 0 Å². The van der Waals surface area contributed by atoms with Crippen LogP contribution in [0.3, 0.4) is 0 Å². The van der Waals surface area contributed by atoms with Crippen molar-refractivity contribution in [3.8, 4) is 17.8 Å². The lowest BCUT2D eigenvalue weighted by atomic mass is 9.88. The van der Waals surface area contributed by atoms with Crippen LogP contribution in [0.15, 0.2) is 47.0 Å². The molecule has 0 bridgehead atoms. The number of aryl methyl sites for hydroxylation is 3. The van der Waals surface area contributed by atoms with Crippen LogP contribution in [0, 0.1) is 25.2 Å². The van der Waals surface area contributed by atoms with Crippen molar-refractivity contribution in [2.45, 2.75) is 39.2 Å². The van der Waals surface area contributed by atoms with Gasteiger partial charge >= 0.3 is 6.01 Å². The number of ether oxygens (including phenoxy) is 1. The second-order valence-electron chi connectivity index (χ2n) is 7.44. The molecule has 2 heterocycles. The third kappa shape index (κ3) is 3.05. The molecule has 1 atom stereocenters. The lowest BCUT2D eigenvalue weighted by Gasteiger charge is -2.26. The van der Waals surface area contributed by atoms with Gasteiger partial charge < -0.3 is 9.15 Å². The zero-order valence-corrected chi connectivity index (χ0v) is 16.3. The van der Waals surface area contributed by atoms with Gasteiger partial charge in [-0.2, -0.15) is 20.0 Å². The predicted molar refractivity (Wildman–Crippen MR) is 108 cm³/mol. The number of nitrogens with zero attached hydrogens (tertiary/aromatic N) is 4. The summed E-state index contributed by atoms with van der Waals surface area (Å²) in [4.78, 5) is 4.46. The molecule has 0 radical (unpaired) electrons. The normalized spacial score (nSPS) is 15.8. The number of nitriles is 1. The fraction of sp³-hybridized carbons (Fsp3) is 0.261. The number of fused-ring (bicyclic) bond motifs is 2. The molecule has 0 spiro atoms. The van der Waals surface area contributed by atoms with Crippen LogP contribution in [-0.4, -0.2) is 14.8 Å². The molecule has 2 aromatic carbocycles. The van der Waals surface area contributed by atoms with Gasteiger partial charge in [0.15, 0.2) is 0 Å². The second kappa shape index (κ2) is 6.78. The van der Waals surface area contributed by atoms with E-state index in [-0.39, 0.29) is 6.10 Å². The van der Waals surface area contributed by atoms with Gasteiger partial charge in [-0.3, -0.25) is 0 Å². The Morgan fingerprint density at radius 1 is 1.21 bits per heavy atom. The summed E-state index contributed by atoms with van der Waals surface area (Å²) in [6, 6.07) is 14.5. The summed E-state index contributed by atoms with van der Waals surface area (Å²) in [6.07, 6.45) is 4.76. The lowest BCUT2D eigenvalue weighted by Crippen LogP contribution is -2.15. The van der Waals surface area contributed by atoms with Gasteiger partial charge in [-0.1, -0.05) is 6.07 Å². The van der Waals surface area contributed by atoms with E-state index in [1.54, 1.807) is 10.9 Å². The number of oxazole rings is 1.